The highest BCUT2D eigenvalue weighted by atomic mass is 16.3. The van der Waals surface area contributed by atoms with Crippen molar-refractivity contribution in [3.8, 4) is 0 Å². The third-order valence-corrected chi connectivity index (χ3v) is 4.32. The molecular formula is C21H24O3. The molecule has 0 saturated heterocycles. The van der Waals surface area contributed by atoms with Crippen molar-refractivity contribution in [1.29, 1.82) is 0 Å². The lowest BCUT2D eigenvalue weighted by Crippen LogP contribution is -2.40. The lowest BCUT2D eigenvalue weighted by molar-refractivity contribution is -0.133. The smallest absolute Gasteiger partial charge is 0.140 e. The summed E-state index contributed by atoms with van der Waals surface area (Å²) in [5, 5.41) is 11.3. The van der Waals surface area contributed by atoms with Crippen LogP contribution in [0.2, 0.25) is 0 Å². The number of carbonyl (C=O) groups excluding carboxylic acids is 2. The maximum Gasteiger partial charge on any atom is 0.140 e. The lowest BCUT2D eigenvalue weighted by Gasteiger charge is -2.31. The van der Waals surface area contributed by atoms with Gasteiger partial charge in [-0.1, -0.05) is 60.7 Å². The molecule has 126 valence electrons. The highest BCUT2D eigenvalue weighted by Gasteiger charge is 2.34. The fraction of sp³-hybridized carbons (Fsp3) is 0.333. The van der Waals surface area contributed by atoms with Crippen LogP contribution in [0.25, 0.3) is 0 Å². The van der Waals surface area contributed by atoms with Gasteiger partial charge in [-0.3, -0.25) is 9.59 Å². The monoisotopic (exact) mass is 324 g/mol. The van der Waals surface area contributed by atoms with E-state index in [1.165, 1.54) is 13.8 Å². The zero-order valence-electron chi connectivity index (χ0n) is 14.2. The standard InChI is InChI=1S/C21H24O3/c1-16(22)20(17(2)23)15-21(24,13-18-9-5-3-6-10-18)14-19-11-7-4-8-12-19/h3-12,20,24H,13-15H2,1-2H3. The van der Waals surface area contributed by atoms with Crippen molar-refractivity contribution in [3.05, 3.63) is 71.8 Å². The van der Waals surface area contributed by atoms with Gasteiger partial charge < -0.3 is 5.11 Å². The summed E-state index contributed by atoms with van der Waals surface area (Å²) in [6.07, 6.45) is 0.945. The van der Waals surface area contributed by atoms with E-state index >= 15 is 0 Å². The Labute approximate surface area is 143 Å². The van der Waals surface area contributed by atoms with E-state index in [0.717, 1.165) is 11.1 Å². The first-order chi connectivity index (χ1) is 11.4. The molecule has 1 N–H and O–H groups in total. The maximum absolute atomic E-state index is 11.8. The van der Waals surface area contributed by atoms with Gasteiger partial charge in [0.2, 0.25) is 0 Å². The Balaban J connectivity index is 2.29. The molecule has 0 fully saturated rings. The van der Waals surface area contributed by atoms with Crippen LogP contribution < -0.4 is 0 Å². The van der Waals surface area contributed by atoms with Crippen LogP contribution in [-0.4, -0.2) is 22.3 Å². The van der Waals surface area contributed by atoms with Gasteiger partial charge in [-0.15, -0.1) is 0 Å². The number of rotatable bonds is 8. The number of Topliss-reactive ketones (excluding diaryl/α,β-unsaturated/α-hetero) is 2. The molecular weight excluding hydrogens is 300 g/mol. The first-order valence-corrected chi connectivity index (χ1v) is 8.21. The molecule has 0 aliphatic heterocycles. The average Bonchev–Trinajstić information content (AvgIpc) is 2.54. The van der Waals surface area contributed by atoms with E-state index in [2.05, 4.69) is 0 Å². The summed E-state index contributed by atoms with van der Waals surface area (Å²) < 4.78 is 0. The molecule has 0 bridgehead atoms. The minimum Gasteiger partial charge on any atom is -0.389 e. The van der Waals surface area contributed by atoms with Crippen molar-refractivity contribution in [3.63, 3.8) is 0 Å². The van der Waals surface area contributed by atoms with E-state index < -0.39 is 11.5 Å². The summed E-state index contributed by atoms with van der Waals surface area (Å²) in [6, 6.07) is 19.3. The first kappa shape index (κ1) is 18.1. The van der Waals surface area contributed by atoms with Crippen molar-refractivity contribution in [2.24, 2.45) is 5.92 Å². The predicted octanol–water partition coefficient (Wildman–Crippen LogP) is 3.39. The average molecular weight is 324 g/mol. The molecule has 0 aliphatic rings. The highest BCUT2D eigenvalue weighted by Crippen LogP contribution is 2.27. The number of ketones is 2. The van der Waals surface area contributed by atoms with Gasteiger partial charge in [0.05, 0.1) is 11.5 Å². The van der Waals surface area contributed by atoms with Crippen LogP contribution in [0.1, 0.15) is 31.4 Å². The Morgan fingerprint density at radius 1 is 0.833 bits per heavy atom. The van der Waals surface area contributed by atoms with Crippen LogP contribution in [-0.2, 0) is 22.4 Å². The van der Waals surface area contributed by atoms with Crippen LogP contribution >= 0.6 is 0 Å². The van der Waals surface area contributed by atoms with Crippen molar-refractivity contribution in [1.82, 2.24) is 0 Å². The number of aliphatic hydroxyl groups is 1. The molecule has 0 aliphatic carbocycles. The first-order valence-electron chi connectivity index (χ1n) is 8.21. The zero-order valence-corrected chi connectivity index (χ0v) is 14.2. The molecule has 2 aromatic rings. The molecule has 0 unspecified atom stereocenters. The Bertz CT molecular complexity index is 621. The van der Waals surface area contributed by atoms with Crippen LogP contribution in [0.15, 0.2) is 60.7 Å². The van der Waals surface area contributed by atoms with Gasteiger partial charge in [0.25, 0.3) is 0 Å². The second kappa shape index (κ2) is 8.02. The Morgan fingerprint density at radius 3 is 1.54 bits per heavy atom. The summed E-state index contributed by atoms with van der Waals surface area (Å²) in [4.78, 5) is 23.7. The zero-order chi connectivity index (χ0) is 17.6. The van der Waals surface area contributed by atoms with Crippen molar-refractivity contribution in [2.45, 2.75) is 38.7 Å². The Hall–Kier alpha value is -2.26. The second-order valence-corrected chi connectivity index (χ2v) is 6.53. The third-order valence-electron chi connectivity index (χ3n) is 4.32. The van der Waals surface area contributed by atoms with Crippen LogP contribution in [0, 0.1) is 5.92 Å². The molecule has 24 heavy (non-hydrogen) atoms. The molecule has 0 atom stereocenters. The minimum atomic E-state index is -1.15. The molecule has 0 saturated carbocycles. The van der Waals surface area contributed by atoms with Gasteiger partial charge in [0.15, 0.2) is 0 Å². The van der Waals surface area contributed by atoms with Crippen molar-refractivity contribution < 1.29 is 14.7 Å². The summed E-state index contributed by atoms with van der Waals surface area (Å²) in [6.45, 7) is 2.83. The Morgan fingerprint density at radius 2 is 1.21 bits per heavy atom. The number of carbonyl (C=O) groups is 2. The summed E-state index contributed by atoms with van der Waals surface area (Å²) in [7, 11) is 0. The fourth-order valence-corrected chi connectivity index (χ4v) is 3.11. The fourth-order valence-electron chi connectivity index (χ4n) is 3.11. The van der Waals surface area contributed by atoms with Gasteiger partial charge in [-0.25, -0.2) is 0 Å². The molecule has 2 rings (SSSR count). The van der Waals surface area contributed by atoms with E-state index in [-0.39, 0.29) is 18.0 Å². The molecule has 0 amide bonds. The molecule has 3 heteroatoms. The van der Waals surface area contributed by atoms with E-state index in [1.54, 1.807) is 0 Å². The van der Waals surface area contributed by atoms with E-state index in [4.69, 9.17) is 0 Å². The van der Waals surface area contributed by atoms with Gasteiger partial charge >= 0.3 is 0 Å². The molecule has 0 radical (unpaired) electrons. The van der Waals surface area contributed by atoms with Gasteiger partial charge in [-0.2, -0.15) is 0 Å². The molecule has 0 aromatic heterocycles. The molecule has 0 heterocycles. The van der Waals surface area contributed by atoms with Crippen LogP contribution in [0.4, 0.5) is 0 Å². The van der Waals surface area contributed by atoms with E-state index in [0.29, 0.717) is 12.8 Å². The normalized spacial score (nSPS) is 11.5. The van der Waals surface area contributed by atoms with Crippen molar-refractivity contribution >= 4 is 11.6 Å². The maximum atomic E-state index is 11.8. The van der Waals surface area contributed by atoms with E-state index in [9.17, 15) is 14.7 Å². The molecule has 2 aromatic carbocycles. The number of hydrogen-bond donors (Lipinski definition) is 1. The Kier molecular flexibility index (Phi) is 6.04. The predicted molar refractivity (Wildman–Crippen MR) is 94.7 cm³/mol. The topological polar surface area (TPSA) is 54.4 Å². The van der Waals surface area contributed by atoms with Gasteiger partial charge in [0.1, 0.15) is 11.6 Å². The third kappa shape index (κ3) is 5.14. The summed E-state index contributed by atoms with van der Waals surface area (Å²) in [5.41, 5.74) is 0.827. The van der Waals surface area contributed by atoms with Crippen molar-refractivity contribution in [2.75, 3.05) is 0 Å². The minimum absolute atomic E-state index is 0.140. The quantitative estimate of drug-likeness (QED) is 0.757. The van der Waals surface area contributed by atoms with E-state index in [1.807, 2.05) is 60.7 Å². The number of hydrogen-bond acceptors (Lipinski definition) is 3. The van der Waals surface area contributed by atoms with Gasteiger partial charge in [0, 0.05) is 12.8 Å². The number of benzene rings is 2. The largest absolute Gasteiger partial charge is 0.389 e. The van der Waals surface area contributed by atoms with Crippen LogP contribution in [0.3, 0.4) is 0 Å². The molecule has 0 spiro atoms. The van der Waals surface area contributed by atoms with Gasteiger partial charge in [-0.05, 0) is 31.4 Å². The highest BCUT2D eigenvalue weighted by molar-refractivity contribution is 6.00. The van der Waals surface area contributed by atoms with Crippen LogP contribution in [0.5, 0.6) is 0 Å². The lowest BCUT2D eigenvalue weighted by atomic mass is 9.78. The second-order valence-electron chi connectivity index (χ2n) is 6.53. The summed E-state index contributed by atoms with van der Waals surface area (Å²) >= 11 is 0. The summed E-state index contributed by atoms with van der Waals surface area (Å²) in [5.74, 6) is -1.15. The molecule has 3 nitrogen and oxygen atoms in total. The SMILES string of the molecule is CC(=O)C(CC(O)(Cc1ccccc1)Cc1ccccc1)C(C)=O.